The molecule has 0 aliphatic rings. The van der Waals surface area contributed by atoms with E-state index in [0.29, 0.717) is 17.1 Å². The van der Waals surface area contributed by atoms with Crippen LogP contribution in [0.3, 0.4) is 0 Å². The van der Waals surface area contributed by atoms with E-state index < -0.39 is 0 Å². The Labute approximate surface area is 115 Å². The monoisotopic (exact) mass is 280 g/mol. The Bertz CT molecular complexity index is 545. The van der Waals surface area contributed by atoms with E-state index >= 15 is 0 Å². The summed E-state index contributed by atoms with van der Waals surface area (Å²) in [6.07, 6.45) is 0. The van der Waals surface area contributed by atoms with E-state index in [2.05, 4.69) is 25.2 Å². The van der Waals surface area contributed by atoms with Crippen molar-refractivity contribution in [3.8, 4) is 0 Å². The second kappa shape index (κ2) is 5.12. The molecule has 2 heterocycles. The first-order valence-electron chi connectivity index (χ1n) is 5.67. The van der Waals surface area contributed by atoms with Gasteiger partial charge in [0.1, 0.15) is 0 Å². The summed E-state index contributed by atoms with van der Waals surface area (Å²) in [6.45, 7) is 6.67. The number of rotatable bonds is 3. The third kappa shape index (κ3) is 2.73. The van der Waals surface area contributed by atoms with Gasteiger partial charge in [0, 0.05) is 20.3 Å². The van der Waals surface area contributed by atoms with Crippen LogP contribution in [-0.4, -0.2) is 5.91 Å². The number of hydrogen-bond donors (Lipinski definition) is 2. The molecule has 0 unspecified atom stereocenters. The Morgan fingerprint density at radius 2 is 1.94 bits per heavy atom. The normalized spacial score (nSPS) is 10.6. The van der Waals surface area contributed by atoms with Gasteiger partial charge in [0.25, 0.3) is 5.91 Å². The predicted molar refractivity (Wildman–Crippen MR) is 78.4 cm³/mol. The van der Waals surface area contributed by atoms with Gasteiger partial charge in [-0.25, -0.2) is 0 Å². The summed E-state index contributed by atoms with van der Waals surface area (Å²) < 4.78 is 0. The molecule has 0 bridgehead atoms. The highest BCUT2D eigenvalue weighted by atomic mass is 32.1. The first-order valence-corrected chi connectivity index (χ1v) is 7.30. The lowest BCUT2D eigenvalue weighted by Crippen LogP contribution is -2.21. The third-order valence-corrected chi connectivity index (χ3v) is 5.04. The number of anilines is 1. The van der Waals surface area contributed by atoms with Crippen LogP contribution in [0.4, 0.5) is 5.69 Å². The molecule has 2 aromatic heterocycles. The van der Waals surface area contributed by atoms with Crippen LogP contribution in [-0.2, 0) is 6.54 Å². The maximum absolute atomic E-state index is 11.9. The van der Waals surface area contributed by atoms with Gasteiger partial charge in [-0.15, -0.1) is 22.7 Å². The van der Waals surface area contributed by atoms with Gasteiger partial charge < -0.3 is 11.1 Å². The van der Waals surface area contributed by atoms with Crippen LogP contribution >= 0.6 is 22.7 Å². The zero-order valence-electron chi connectivity index (χ0n) is 10.7. The molecule has 3 N–H and O–H groups in total. The maximum Gasteiger partial charge on any atom is 0.261 e. The van der Waals surface area contributed by atoms with Crippen molar-refractivity contribution in [3.63, 3.8) is 0 Å². The number of thiophene rings is 2. The molecule has 5 heteroatoms. The summed E-state index contributed by atoms with van der Waals surface area (Å²) in [5.41, 5.74) is 7.71. The van der Waals surface area contributed by atoms with Gasteiger partial charge in [0.15, 0.2) is 0 Å². The molecule has 0 fully saturated rings. The summed E-state index contributed by atoms with van der Waals surface area (Å²) in [5.74, 6) is -0.0523. The van der Waals surface area contributed by atoms with E-state index in [-0.39, 0.29) is 5.91 Å². The van der Waals surface area contributed by atoms with Gasteiger partial charge in [-0.2, -0.15) is 0 Å². The molecule has 2 rings (SSSR count). The van der Waals surface area contributed by atoms with E-state index in [9.17, 15) is 4.79 Å². The second-order valence-electron chi connectivity index (χ2n) is 4.26. The van der Waals surface area contributed by atoms with Gasteiger partial charge in [0.2, 0.25) is 0 Å². The van der Waals surface area contributed by atoms with Crippen molar-refractivity contribution >= 4 is 34.3 Å². The summed E-state index contributed by atoms with van der Waals surface area (Å²) in [7, 11) is 0. The second-order valence-corrected chi connectivity index (χ2v) is 6.85. The molecule has 0 saturated carbocycles. The highest BCUT2D eigenvalue weighted by Gasteiger charge is 2.11. The number of nitrogens with one attached hydrogen (secondary N) is 1. The summed E-state index contributed by atoms with van der Waals surface area (Å²) >= 11 is 3.16. The highest BCUT2D eigenvalue weighted by Crippen LogP contribution is 2.24. The number of aryl methyl sites for hydroxylation is 3. The molecular weight excluding hydrogens is 264 g/mol. The highest BCUT2D eigenvalue weighted by molar-refractivity contribution is 7.14. The van der Waals surface area contributed by atoms with Crippen molar-refractivity contribution in [3.05, 3.63) is 37.2 Å². The molecule has 0 spiro atoms. The molecule has 0 aliphatic heterocycles. The molecule has 0 radical (unpaired) electrons. The number of hydrogen-bond acceptors (Lipinski definition) is 4. The minimum atomic E-state index is -0.0523. The lowest BCUT2D eigenvalue weighted by atomic mass is 10.3. The summed E-state index contributed by atoms with van der Waals surface area (Å²) in [5, 5.41) is 2.92. The van der Waals surface area contributed by atoms with Crippen molar-refractivity contribution < 1.29 is 4.79 Å². The predicted octanol–water partition coefficient (Wildman–Crippen LogP) is 3.25. The number of amides is 1. The molecule has 18 heavy (non-hydrogen) atoms. The number of nitrogen functional groups attached to an aromatic ring is 1. The molecule has 1 amide bonds. The van der Waals surface area contributed by atoms with Gasteiger partial charge in [0.05, 0.1) is 11.4 Å². The Hall–Kier alpha value is -1.33. The number of carbonyl (C=O) groups is 1. The van der Waals surface area contributed by atoms with Gasteiger partial charge >= 0.3 is 0 Å². The minimum Gasteiger partial charge on any atom is -0.398 e. The van der Waals surface area contributed by atoms with Crippen molar-refractivity contribution in [1.29, 1.82) is 0 Å². The van der Waals surface area contributed by atoms with E-state index in [1.807, 2.05) is 6.92 Å². The fraction of sp³-hybridized carbons (Fsp3) is 0.308. The van der Waals surface area contributed by atoms with Gasteiger partial charge in [-0.05, 0) is 38.5 Å². The van der Waals surface area contributed by atoms with E-state index in [0.717, 1.165) is 4.88 Å². The zero-order chi connectivity index (χ0) is 13.3. The van der Waals surface area contributed by atoms with E-state index in [4.69, 9.17) is 5.73 Å². The molecule has 0 atom stereocenters. The quantitative estimate of drug-likeness (QED) is 0.906. The lowest BCUT2D eigenvalue weighted by molar-refractivity contribution is 0.0955. The number of carbonyl (C=O) groups excluding carboxylic acids is 1. The van der Waals surface area contributed by atoms with Crippen LogP contribution in [0.5, 0.6) is 0 Å². The molecule has 0 saturated heterocycles. The molecule has 0 aliphatic carbocycles. The Morgan fingerprint density at radius 3 is 2.44 bits per heavy atom. The molecule has 0 aromatic carbocycles. The van der Waals surface area contributed by atoms with Crippen molar-refractivity contribution in [2.45, 2.75) is 27.3 Å². The van der Waals surface area contributed by atoms with Gasteiger partial charge in [-0.3, -0.25) is 4.79 Å². The Morgan fingerprint density at radius 1 is 1.22 bits per heavy atom. The Kier molecular flexibility index (Phi) is 3.73. The topological polar surface area (TPSA) is 55.1 Å². The third-order valence-electron chi connectivity index (χ3n) is 2.82. The Balaban J connectivity index is 2.00. The first kappa shape index (κ1) is 13.1. The molecular formula is C13H16N2OS2. The van der Waals surface area contributed by atoms with E-state index in [1.165, 1.54) is 26.7 Å². The van der Waals surface area contributed by atoms with Gasteiger partial charge in [-0.1, -0.05) is 0 Å². The average Bonchev–Trinajstić information content (AvgIpc) is 2.81. The fourth-order valence-corrected chi connectivity index (χ4v) is 3.45. The maximum atomic E-state index is 11.9. The van der Waals surface area contributed by atoms with Crippen molar-refractivity contribution in [2.24, 2.45) is 0 Å². The summed E-state index contributed by atoms with van der Waals surface area (Å²) in [4.78, 5) is 16.1. The fourth-order valence-electron chi connectivity index (χ4n) is 1.60. The van der Waals surface area contributed by atoms with Crippen LogP contribution in [0.15, 0.2) is 12.1 Å². The summed E-state index contributed by atoms with van der Waals surface area (Å²) in [6, 6.07) is 3.86. The molecule has 2 aromatic rings. The SMILES string of the molecule is Cc1cc(CNC(=O)c2cc(N)c(C)s2)sc1C. The van der Waals surface area contributed by atoms with Crippen LogP contribution < -0.4 is 11.1 Å². The van der Waals surface area contributed by atoms with Crippen molar-refractivity contribution in [1.82, 2.24) is 5.32 Å². The van der Waals surface area contributed by atoms with Crippen LogP contribution in [0, 0.1) is 20.8 Å². The standard InChI is InChI=1S/C13H16N2OS2/c1-7-4-10(17-8(7)2)6-15-13(16)12-5-11(14)9(3)18-12/h4-5H,6,14H2,1-3H3,(H,15,16). The lowest BCUT2D eigenvalue weighted by Gasteiger charge is -2.00. The number of nitrogens with two attached hydrogens (primary N) is 1. The first-order chi connectivity index (χ1) is 8.47. The largest absolute Gasteiger partial charge is 0.398 e. The average molecular weight is 280 g/mol. The van der Waals surface area contributed by atoms with Crippen LogP contribution in [0.25, 0.3) is 0 Å². The van der Waals surface area contributed by atoms with Crippen LogP contribution in [0.2, 0.25) is 0 Å². The smallest absolute Gasteiger partial charge is 0.261 e. The minimum absolute atomic E-state index is 0.0523. The van der Waals surface area contributed by atoms with Crippen LogP contribution in [0.1, 0.15) is 29.9 Å². The van der Waals surface area contributed by atoms with E-state index in [1.54, 1.807) is 17.4 Å². The zero-order valence-corrected chi connectivity index (χ0v) is 12.3. The molecule has 3 nitrogen and oxygen atoms in total. The van der Waals surface area contributed by atoms with Crippen molar-refractivity contribution in [2.75, 3.05) is 5.73 Å². The molecule has 96 valence electrons.